The van der Waals surface area contributed by atoms with E-state index in [9.17, 15) is 9.59 Å². The molecular formula is C26H28ClN3O2. The van der Waals surface area contributed by atoms with E-state index in [-0.39, 0.29) is 11.8 Å². The van der Waals surface area contributed by atoms with Crippen molar-refractivity contribution in [2.24, 2.45) is 5.92 Å². The number of carbonyl (C=O) groups is 2. The monoisotopic (exact) mass is 449 g/mol. The molecule has 0 aliphatic carbocycles. The number of hydrogen-bond donors (Lipinski definition) is 1. The van der Waals surface area contributed by atoms with Crippen LogP contribution < -0.4 is 10.2 Å². The molecule has 32 heavy (non-hydrogen) atoms. The number of fused-ring (bicyclic) bond motifs is 1. The SMILES string of the molecule is CC(C)CC(=O)N1CCN(c2ccc(NC(=O)c3cccc4c(Cl)cccc34)cc2)CC1. The predicted octanol–water partition coefficient (Wildman–Crippen LogP) is 5.44. The van der Waals surface area contributed by atoms with Gasteiger partial charge in [-0.2, -0.15) is 0 Å². The van der Waals surface area contributed by atoms with Crippen molar-refractivity contribution in [1.82, 2.24) is 4.90 Å². The molecule has 0 bridgehead atoms. The van der Waals surface area contributed by atoms with Crippen LogP contribution in [0, 0.1) is 5.92 Å². The van der Waals surface area contributed by atoms with Gasteiger partial charge in [0.15, 0.2) is 0 Å². The van der Waals surface area contributed by atoms with Crippen LogP contribution in [0.3, 0.4) is 0 Å². The van der Waals surface area contributed by atoms with Crippen LogP contribution in [0.5, 0.6) is 0 Å². The minimum atomic E-state index is -0.164. The Morgan fingerprint density at radius 2 is 1.56 bits per heavy atom. The Hall–Kier alpha value is -3.05. The summed E-state index contributed by atoms with van der Waals surface area (Å²) in [5.74, 6) is 0.462. The number of nitrogens with one attached hydrogen (secondary N) is 1. The third-order valence-electron chi connectivity index (χ3n) is 5.82. The first-order chi connectivity index (χ1) is 15.4. The molecule has 4 rings (SSSR count). The quantitative estimate of drug-likeness (QED) is 0.564. The summed E-state index contributed by atoms with van der Waals surface area (Å²) in [4.78, 5) is 29.4. The van der Waals surface area contributed by atoms with Gasteiger partial charge in [-0.05, 0) is 47.7 Å². The average Bonchev–Trinajstić information content (AvgIpc) is 2.79. The topological polar surface area (TPSA) is 52.7 Å². The summed E-state index contributed by atoms with van der Waals surface area (Å²) in [5, 5.41) is 5.32. The lowest BCUT2D eigenvalue weighted by Gasteiger charge is -2.36. The van der Waals surface area contributed by atoms with E-state index in [2.05, 4.69) is 24.1 Å². The highest BCUT2D eigenvalue weighted by Gasteiger charge is 2.21. The average molecular weight is 450 g/mol. The predicted molar refractivity (Wildman–Crippen MR) is 132 cm³/mol. The lowest BCUT2D eigenvalue weighted by molar-refractivity contribution is -0.132. The van der Waals surface area contributed by atoms with Gasteiger partial charge in [0.25, 0.3) is 5.91 Å². The molecule has 0 radical (unpaired) electrons. The summed E-state index contributed by atoms with van der Waals surface area (Å²) < 4.78 is 0. The van der Waals surface area contributed by atoms with Gasteiger partial charge in [-0.3, -0.25) is 9.59 Å². The van der Waals surface area contributed by atoms with E-state index in [0.29, 0.717) is 22.9 Å². The standard InChI is InChI=1S/C26H28ClN3O2/c1-18(2)17-25(31)30-15-13-29(14-16-30)20-11-9-19(10-12-20)28-26(32)23-7-3-6-22-21(23)5-4-8-24(22)27/h3-12,18H,13-17H2,1-2H3,(H,28,32). The molecule has 1 saturated heterocycles. The van der Waals surface area contributed by atoms with Crippen molar-refractivity contribution in [1.29, 1.82) is 0 Å². The maximum atomic E-state index is 12.9. The van der Waals surface area contributed by atoms with E-state index in [0.717, 1.165) is 48.3 Å². The first kappa shape index (κ1) is 22.2. The third kappa shape index (κ3) is 4.89. The number of anilines is 2. The van der Waals surface area contributed by atoms with Gasteiger partial charge in [-0.25, -0.2) is 0 Å². The Kier molecular flexibility index (Phi) is 6.66. The molecule has 0 aromatic heterocycles. The largest absolute Gasteiger partial charge is 0.368 e. The second-order valence-electron chi connectivity index (χ2n) is 8.61. The maximum Gasteiger partial charge on any atom is 0.256 e. The smallest absolute Gasteiger partial charge is 0.256 e. The zero-order valence-electron chi connectivity index (χ0n) is 18.5. The number of piperazine rings is 1. The van der Waals surface area contributed by atoms with E-state index in [4.69, 9.17) is 11.6 Å². The summed E-state index contributed by atoms with van der Waals surface area (Å²) in [5.41, 5.74) is 2.43. The van der Waals surface area contributed by atoms with Gasteiger partial charge in [0.05, 0.1) is 0 Å². The lowest BCUT2D eigenvalue weighted by Crippen LogP contribution is -2.49. The third-order valence-corrected chi connectivity index (χ3v) is 6.15. The van der Waals surface area contributed by atoms with Crippen molar-refractivity contribution in [2.75, 3.05) is 36.4 Å². The maximum absolute atomic E-state index is 12.9. The zero-order valence-corrected chi connectivity index (χ0v) is 19.2. The van der Waals surface area contributed by atoms with Gasteiger partial charge in [-0.15, -0.1) is 0 Å². The molecular weight excluding hydrogens is 422 g/mol. The molecule has 6 heteroatoms. The van der Waals surface area contributed by atoms with Crippen LogP contribution in [0.15, 0.2) is 60.7 Å². The van der Waals surface area contributed by atoms with Gasteiger partial charge >= 0.3 is 0 Å². The van der Waals surface area contributed by atoms with Crippen molar-refractivity contribution in [3.63, 3.8) is 0 Å². The second kappa shape index (κ2) is 9.61. The number of carbonyl (C=O) groups excluding carboxylic acids is 2. The molecule has 0 unspecified atom stereocenters. The molecule has 1 fully saturated rings. The summed E-state index contributed by atoms with van der Waals surface area (Å²) >= 11 is 6.28. The fraction of sp³-hybridized carbons (Fsp3) is 0.308. The molecule has 5 nitrogen and oxygen atoms in total. The van der Waals surface area contributed by atoms with Gasteiger partial charge in [-0.1, -0.05) is 49.7 Å². The van der Waals surface area contributed by atoms with E-state index >= 15 is 0 Å². The van der Waals surface area contributed by atoms with Crippen molar-refractivity contribution >= 4 is 45.6 Å². The molecule has 1 aliphatic rings. The molecule has 1 heterocycles. The highest BCUT2D eigenvalue weighted by Crippen LogP contribution is 2.27. The molecule has 2 amide bonds. The summed E-state index contributed by atoms with van der Waals surface area (Å²) in [6.07, 6.45) is 0.608. The molecule has 0 spiro atoms. The van der Waals surface area contributed by atoms with Gasteiger partial charge in [0.2, 0.25) is 5.91 Å². The van der Waals surface area contributed by atoms with Gasteiger partial charge in [0.1, 0.15) is 0 Å². The van der Waals surface area contributed by atoms with E-state index in [1.54, 1.807) is 0 Å². The minimum Gasteiger partial charge on any atom is -0.368 e. The molecule has 3 aromatic carbocycles. The Morgan fingerprint density at radius 3 is 2.25 bits per heavy atom. The zero-order chi connectivity index (χ0) is 22.7. The van der Waals surface area contributed by atoms with E-state index in [1.165, 1.54) is 0 Å². The highest BCUT2D eigenvalue weighted by molar-refractivity contribution is 6.36. The van der Waals surface area contributed by atoms with Crippen molar-refractivity contribution in [3.05, 3.63) is 71.2 Å². The van der Waals surface area contributed by atoms with Crippen LogP contribution in [-0.4, -0.2) is 42.9 Å². The van der Waals surface area contributed by atoms with Crippen LogP contribution in [0.25, 0.3) is 10.8 Å². The van der Waals surface area contributed by atoms with Crippen LogP contribution >= 0.6 is 11.6 Å². The Morgan fingerprint density at radius 1 is 0.906 bits per heavy atom. The molecule has 3 aromatic rings. The fourth-order valence-corrected chi connectivity index (χ4v) is 4.35. The van der Waals surface area contributed by atoms with Crippen LogP contribution in [0.1, 0.15) is 30.6 Å². The number of hydrogen-bond acceptors (Lipinski definition) is 3. The summed E-state index contributed by atoms with van der Waals surface area (Å²) in [6, 6.07) is 19.0. The lowest BCUT2D eigenvalue weighted by atomic mass is 10.0. The molecule has 1 aliphatic heterocycles. The number of halogens is 1. The first-order valence-corrected chi connectivity index (χ1v) is 11.4. The highest BCUT2D eigenvalue weighted by atomic mass is 35.5. The summed E-state index contributed by atoms with van der Waals surface area (Å²) in [6.45, 7) is 7.26. The van der Waals surface area contributed by atoms with Gasteiger partial charge in [0, 0.05) is 59.9 Å². The Labute approximate surface area is 194 Å². The van der Waals surface area contributed by atoms with Crippen LogP contribution in [-0.2, 0) is 4.79 Å². The molecule has 0 saturated carbocycles. The van der Waals surface area contributed by atoms with Gasteiger partial charge < -0.3 is 15.1 Å². The normalized spacial score (nSPS) is 14.1. The van der Waals surface area contributed by atoms with Crippen LogP contribution in [0.4, 0.5) is 11.4 Å². The number of nitrogens with zero attached hydrogens (tertiary/aromatic N) is 2. The van der Waals surface area contributed by atoms with Crippen LogP contribution in [0.2, 0.25) is 5.02 Å². The molecule has 1 N–H and O–H groups in total. The Bertz CT molecular complexity index is 1120. The molecule has 0 atom stereocenters. The second-order valence-corrected chi connectivity index (χ2v) is 9.01. The minimum absolute atomic E-state index is 0.164. The number of rotatable bonds is 5. The van der Waals surface area contributed by atoms with Crippen molar-refractivity contribution < 1.29 is 9.59 Å². The fourth-order valence-electron chi connectivity index (χ4n) is 4.12. The Balaban J connectivity index is 1.39. The molecule has 166 valence electrons. The van der Waals surface area contributed by atoms with Crippen molar-refractivity contribution in [2.45, 2.75) is 20.3 Å². The number of amides is 2. The summed E-state index contributed by atoms with van der Waals surface area (Å²) in [7, 11) is 0. The van der Waals surface area contributed by atoms with Crippen molar-refractivity contribution in [3.8, 4) is 0 Å². The first-order valence-electron chi connectivity index (χ1n) is 11.0. The number of benzene rings is 3. The van der Waals surface area contributed by atoms with E-state index in [1.807, 2.05) is 65.6 Å². The van der Waals surface area contributed by atoms with E-state index < -0.39 is 0 Å².